The number of likely N-dealkylation sites (tertiary alicyclic amines) is 1. The number of hydrogen-bond acceptors (Lipinski definition) is 4. The molecular formula is C21H25FN2O4. The fraction of sp³-hybridized carbons (Fsp3) is 0.476. The molecule has 1 aromatic carbocycles. The number of benzene rings is 1. The van der Waals surface area contributed by atoms with Crippen LogP contribution in [-0.4, -0.2) is 53.8 Å². The fourth-order valence-electron chi connectivity index (χ4n) is 3.86. The highest BCUT2D eigenvalue weighted by molar-refractivity contribution is 5.97. The molecule has 0 unspecified atom stereocenters. The van der Waals surface area contributed by atoms with Gasteiger partial charge < -0.3 is 14.5 Å². The second-order valence-corrected chi connectivity index (χ2v) is 7.10. The van der Waals surface area contributed by atoms with Crippen molar-refractivity contribution in [3.63, 3.8) is 0 Å². The summed E-state index contributed by atoms with van der Waals surface area (Å²) in [7, 11) is 0. The van der Waals surface area contributed by atoms with Crippen LogP contribution in [-0.2, 0) is 19.1 Å². The van der Waals surface area contributed by atoms with Gasteiger partial charge in [0.25, 0.3) is 0 Å². The summed E-state index contributed by atoms with van der Waals surface area (Å²) in [4.78, 5) is 41.2. The normalized spacial score (nSPS) is 20.0. The molecule has 0 radical (unpaired) electrons. The lowest BCUT2D eigenvalue weighted by Gasteiger charge is -2.34. The zero-order chi connectivity index (χ0) is 20.3. The SMILES string of the molecule is CCOC(=O)C1=C(C)N(CC(=O)N2CCCC2)C(=O)C[C@@H]1c1ccc(F)cc1. The summed E-state index contributed by atoms with van der Waals surface area (Å²) in [6, 6.07) is 5.76. The van der Waals surface area contributed by atoms with E-state index in [1.165, 1.54) is 17.0 Å². The molecule has 2 aliphatic heterocycles. The zero-order valence-corrected chi connectivity index (χ0v) is 16.2. The molecule has 6 nitrogen and oxygen atoms in total. The first-order chi connectivity index (χ1) is 13.4. The lowest BCUT2D eigenvalue weighted by atomic mass is 9.83. The number of halogens is 1. The number of carbonyl (C=O) groups is 3. The zero-order valence-electron chi connectivity index (χ0n) is 16.2. The minimum absolute atomic E-state index is 0.0321. The van der Waals surface area contributed by atoms with E-state index in [4.69, 9.17) is 4.74 Å². The monoisotopic (exact) mass is 388 g/mol. The Bertz CT molecular complexity index is 797. The van der Waals surface area contributed by atoms with Gasteiger partial charge in [0.1, 0.15) is 12.4 Å². The lowest BCUT2D eigenvalue weighted by Crippen LogP contribution is -2.44. The van der Waals surface area contributed by atoms with Gasteiger partial charge in [-0.3, -0.25) is 9.59 Å². The molecule has 1 atom stereocenters. The third-order valence-corrected chi connectivity index (χ3v) is 5.34. The average Bonchev–Trinajstić information content (AvgIpc) is 3.20. The molecule has 1 fully saturated rings. The van der Waals surface area contributed by atoms with Gasteiger partial charge in [-0.1, -0.05) is 12.1 Å². The molecule has 0 saturated carbocycles. The smallest absolute Gasteiger partial charge is 0.336 e. The van der Waals surface area contributed by atoms with Crippen LogP contribution in [0.5, 0.6) is 0 Å². The summed E-state index contributed by atoms with van der Waals surface area (Å²) < 4.78 is 18.5. The minimum atomic E-state index is -0.523. The van der Waals surface area contributed by atoms with E-state index in [1.54, 1.807) is 30.9 Å². The van der Waals surface area contributed by atoms with Crippen LogP contribution in [0.1, 0.15) is 44.6 Å². The van der Waals surface area contributed by atoms with Gasteiger partial charge in [0.15, 0.2) is 0 Å². The van der Waals surface area contributed by atoms with Gasteiger partial charge >= 0.3 is 5.97 Å². The van der Waals surface area contributed by atoms with E-state index in [9.17, 15) is 18.8 Å². The molecule has 2 aliphatic rings. The number of esters is 1. The van der Waals surface area contributed by atoms with Crippen LogP contribution in [0, 0.1) is 5.82 Å². The van der Waals surface area contributed by atoms with Crippen molar-refractivity contribution < 1.29 is 23.5 Å². The van der Waals surface area contributed by atoms with Gasteiger partial charge in [-0.25, -0.2) is 9.18 Å². The van der Waals surface area contributed by atoms with Crippen LogP contribution in [0.25, 0.3) is 0 Å². The van der Waals surface area contributed by atoms with Gasteiger partial charge in [0, 0.05) is 31.1 Å². The van der Waals surface area contributed by atoms with Gasteiger partial charge in [0.2, 0.25) is 11.8 Å². The first-order valence-electron chi connectivity index (χ1n) is 9.63. The largest absolute Gasteiger partial charge is 0.463 e. The molecule has 0 aliphatic carbocycles. The molecule has 2 heterocycles. The molecule has 7 heteroatoms. The molecule has 0 aromatic heterocycles. The minimum Gasteiger partial charge on any atom is -0.463 e. The van der Waals surface area contributed by atoms with Gasteiger partial charge in [-0.15, -0.1) is 0 Å². The summed E-state index contributed by atoms with van der Waals surface area (Å²) in [5.41, 5.74) is 1.45. The van der Waals surface area contributed by atoms with Crippen molar-refractivity contribution in [3.05, 3.63) is 46.9 Å². The highest BCUT2D eigenvalue weighted by Gasteiger charge is 2.38. The Labute approximate surface area is 163 Å². The molecule has 1 saturated heterocycles. The van der Waals surface area contributed by atoms with Crippen molar-refractivity contribution in [2.75, 3.05) is 26.2 Å². The number of allylic oxidation sites excluding steroid dienone is 1. The van der Waals surface area contributed by atoms with Crippen molar-refractivity contribution in [1.82, 2.24) is 9.80 Å². The van der Waals surface area contributed by atoms with E-state index in [1.807, 2.05) is 0 Å². The van der Waals surface area contributed by atoms with Crippen molar-refractivity contribution in [2.24, 2.45) is 0 Å². The average molecular weight is 388 g/mol. The first-order valence-corrected chi connectivity index (χ1v) is 9.63. The fourth-order valence-corrected chi connectivity index (χ4v) is 3.86. The van der Waals surface area contributed by atoms with Gasteiger partial charge in [0.05, 0.1) is 12.2 Å². The Morgan fingerprint density at radius 1 is 1.18 bits per heavy atom. The maximum Gasteiger partial charge on any atom is 0.336 e. The van der Waals surface area contributed by atoms with Crippen LogP contribution in [0.3, 0.4) is 0 Å². The van der Waals surface area contributed by atoms with Crippen molar-refractivity contribution in [3.8, 4) is 0 Å². The van der Waals surface area contributed by atoms with Crippen LogP contribution in [0.4, 0.5) is 4.39 Å². The number of carbonyl (C=O) groups excluding carboxylic acids is 3. The Balaban J connectivity index is 1.94. The van der Waals surface area contributed by atoms with Crippen LogP contribution < -0.4 is 0 Å². The predicted molar refractivity (Wildman–Crippen MR) is 101 cm³/mol. The third kappa shape index (κ3) is 4.08. The molecule has 28 heavy (non-hydrogen) atoms. The van der Waals surface area contributed by atoms with Crippen molar-refractivity contribution in [2.45, 2.75) is 39.0 Å². The molecular weight excluding hydrogens is 363 g/mol. The highest BCUT2D eigenvalue weighted by atomic mass is 19.1. The Morgan fingerprint density at radius 3 is 2.43 bits per heavy atom. The number of rotatable bonds is 5. The van der Waals surface area contributed by atoms with E-state index in [-0.39, 0.29) is 37.2 Å². The van der Waals surface area contributed by atoms with E-state index in [0.717, 1.165) is 12.8 Å². The van der Waals surface area contributed by atoms with E-state index < -0.39 is 11.9 Å². The van der Waals surface area contributed by atoms with Crippen LogP contribution >= 0.6 is 0 Å². The van der Waals surface area contributed by atoms with E-state index in [0.29, 0.717) is 29.9 Å². The number of ether oxygens (including phenoxy) is 1. The summed E-state index contributed by atoms with van der Waals surface area (Å²) in [6.07, 6.45) is 1.97. The quantitative estimate of drug-likeness (QED) is 0.728. The second kappa shape index (κ2) is 8.54. The summed E-state index contributed by atoms with van der Waals surface area (Å²) >= 11 is 0. The van der Waals surface area contributed by atoms with Gasteiger partial charge in [-0.05, 0) is 44.4 Å². The molecule has 3 rings (SSSR count). The molecule has 2 amide bonds. The summed E-state index contributed by atoms with van der Waals surface area (Å²) in [6.45, 7) is 4.90. The first kappa shape index (κ1) is 20.0. The molecule has 0 N–H and O–H groups in total. The summed E-state index contributed by atoms with van der Waals surface area (Å²) in [5.74, 6) is -1.77. The Morgan fingerprint density at radius 2 is 1.82 bits per heavy atom. The second-order valence-electron chi connectivity index (χ2n) is 7.10. The van der Waals surface area contributed by atoms with Crippen molar-refractivity contribution >= 4 is 17.8 Å². The molecule has 0 spiro atoms. The standard InChI is InChI=1S/C21H25FN2O4/c1-3-28-21(27)20-14(2)24(13-19(26)23-10-4-5-11-23)18(25)12-17(20)15-6-8-16(22)9-7-15/h6-9,17H,3-5,10-13H2,1-2H3/t17-/m1/s1. The number of nitrogens with zero attached hydrogens (tertiary/aromatic N) is 2. The molecule has 0 bridgehead atoms. The van der Waals surface area contributed by atoms with Gasteiger partial charge in [-0.2, -0.15) is 0 Å². The van der Waals surface area contributed by atoms with E-state index >= 15 is 0 Å². The van der Waals surface area contributed by atoms with Crippen molar-refractivity contribution in [1.29, 1.82) is 0 Å². The van der Waals surface area contributed by atoms with Crippen LogP contribution in [0.15, 0.2) is 35.5 Å². The topological polar surface area (TPSA) is 66.9 Å². The maximum atomic E-state index is 13.3. The number of amides is 2. The molecule has 150 valence electrons. The Kier molecular flexibility index (Phi) is 6.11. The Hall–Kier alpha value is -2.70. The predicted octanol–water partition coefficient (Wildman–Crippen LogP) is 2.60. The third-order valence-electron chi connectivity index (χ3n) is 5.34. The number of hydrogen-bond donors (Lipinski definition) is 0. The van der Waals surface area contributed by atoms with E-state index in [2.05, 4.69) is 0 Å². The highest BCUT2D eigenvalue weighted by Crippen LogP contribution is 2.37. The maximum absolute atomic E-state index is 13.3. The molecule has 1 aromatic rings. The summed E-state index contributed by atoms with van der Waals surface area (Å²) in [5, 5.41) is 0. The van der Waals surface area contributed by atoms with Crippen LogP contribution in [0.2, 0.25) is 0 Å². The lowest BCUT2D eigenvalue weighted by molar-refractivity contribution is -0.142.